The maximum atomic E-state index is 13.2. The van der Waals surface area contributed by atoms with Crippen molar-refractivity contribution in [1.29, 1.82) is 0 Å². The topological polar surface area (TPSA) is 75.7 Å². The van der Waals surface area contributed by atoms with Crippen molar-refractivity contribution in [1.82, 2.24) is 9.62 Å². The monoisotopic (exact) mass is 476 g/mol. The fourth-order valence-corrected chi connectivity index (χ4v) is 6.60. The summed E-state index contributed by atoms with van der Waals surface area (Å²) < 4.78 is 33.8. The second-order valence-corrected chi connectivity index (χ2v) is 10.8. The van der Waals surface area contributed by atoms with Gasteiger partial charge in [0.15, 0.2) is 0 Å². The van der Waals surface area contributed by atoms with Gasteiger partial charge in [-0.2, -0.15) is 4.31 Å². The highest BCUT2D eigenvalue weighted by molar-refractivity contribution is 7.89. The van der Waals surface area contributed by atoms with E-state index in [9.17, 15) is 13.2 Å². The van der Waals surface area contributed by atoms with E-state index < -0.39 is 10.0 Å². The summed E-state index contributed by atoms with van der Waals surface area (Å²) in [5, 5.41) is 3.24. The number of benzene rings is 2. The lowest BCUT2D eigenvalue weighted by molar-refractivity contribution is 0.0227. The van der Waals surface area contributed by atoms with Crippen LogP contribution in [0.1, 0.15) is 67.9 Å². The number of carbonyl (C=O) groups excluding carboxylic acids is 1. The number of amides is 1. The lowest BCUT2D eigenvalue weighted by Gasteiger charge is -2.41. The number of sulfonamides is 1. The first-order valence-electron chi connectivity index (χ1n) is 11.2. The Labute approximate surface area is 195 Å². The Kier molecular flexibility index (Phi) is 6.52. The molecule has 1 fully saturated rings. The Morgan fingerprint density at radius 1 is 1.16 bits per heavy atom. The Bertz CT molecular complexity index is 1110. The van der Waals surface area contributed by atoms with Gasteiger partial charge < -0.3 is 10.1 Å². The van der Waals surface area contributed by atoms with Crippen LogP contribution in [0, 0.1) is 0 Å². The van der Waals surface area contributed by atoms with Gasteiger partial charge in [-0.3, -0.25) is 4.79 Å². The Hall–Kier alpha value is -2.09. The van der Waals surface area contributed by atoms with Crippen molar-refractivity contribution in [3.8, 4) is 5.75 Å². The summed E-state index contributed by atoms with van der Waals surface area (Å²) in [6.07, 6.45) is 3.95. The second-order valence-electron chi connectivity index (χ2n) is 8.52. The van der Waals surface area contributed by atoms with Crippen LogP contribution in [0.3, 0.4) is 0 Å². The number of hydrogen-bond donors (Lipinski definition) is 1. The molecule has 0 spiro atoms. The van der Waals surface area contributed by atoms with Gasteiger partial charge in [-0.1, -0.05) is 43.6 Å². The molecule has 4 rings (SSSR count). The Balaban J connectivity index is 1.63. The van der Waals surface area contributed by atoms with Crippen LogP contribution in [-0.2, 0) is 10.0 Å². The van der Waals surface area contributed by atoms with E-state index in [4.69, 9.17) is 16.3 Å². The molecule has 172 valence electrons. The molecule has 0 saturated carbocycles. The highest BCUT2D eigenvalue weighted by Crippen LogP contribution is 2.42. The number of hydrogen-bond acceptors (Lipinski definition) is 4. The SMILES string of the molecule is CCC1(CC)CC(NC(=O)c2ccc(Cl)c(S(=O)(=O)N3CCCC3)c2)c2ccccc2O1. The summed E-state index contributed by atoms with van der Waals surface area (Å²) in [7, 11) is -3.73. The average molecular weight is 477 g/mol. The molecule has 0 radical (unpaired) electrons. The summed E-state index contributed by atoms with van der Waals surface area (Å²) in [6.45, 7) is 5.13. The zero-order valence-electron chi connectivity index (χ0n) is 18.4. The van der Waals surface area contributed by atoms with E-state index in [2.05, 4.69) is 19.2 Å². The van der Waals surface area contributed by atoms with E-state index >= 15 is 0 Å². The second kappa shape index (κ2) is 9.04. The van der Waals surface area contributed by atoms with Crippen LogP contribution in [0.25, 0.3) is 0 Å². The molecule has 8 heteroatoms. The van der Waals surface area contributed by atoms with Gasteiger partial charge in [0.2, 0.25) is 10.0 Å². The fraction of sp³-hybridized carbons (Fsp3) is 0.458. The molecular formula is C24H29ClN2O4S. The van der Waals surface area contributed by atoms with Crippen molar-refractivity contribution < 1.29 is 17.9 Å². The highest BCUT2D eigenvalue weighted by atomic mass is 35.5. The first-order chi connectivity index (χ1) is 15.3. The van der Waals surface area contributed by atoms with Crippen LogP contribution >= 0.6 is 11.6 Å². The number of carbonyl (C=O) groups is 1. The molecule has 0 aromatic heterocycles. The largest absolute Gasteiger partial charge is 0.487 e. The normalized spacial score (nSPS) is 20.4. The number of nitrogens with one attached hydrogen (secondary N) is 1. The number of fused-ring (bicyclic) bond motifs is 1. The minimum Gasteiger partial charge on any atom is -0.487 e. The van der Waals surface area contributed by atoms with Crippen molar-refractivity contribution in [2.45, 2.75) is 62.5 Å². The third-order valence-corrected chi connectivity index (χ3v) is 9.05. The Morgan fingerprint density at radius 3 is 2.53 bits per heavy atom. The smallest absolute Gasteiger partial charge is 0.251 e. The number of halogens is 1. The quantitative estimate of drug-likeness (QED) is 0.640. The molecule has 1 saturated heterocycles. The first kappa shape index (κ1) is 23.1. The minimum absolute atomic E-state index is 0.0162. The molecule has 2 aromatic carbocycles. The number of rotatable bonds is 6. The first-order valence-corrected chi connectivity index (χ1v) is 13.0. The van der Waals surface area contributed by atoms with Crippen molar-refractivity contribution >= 4 is 27.5 Å². The molecule has 6 nitrogen and oxygen atoms in total. The van der Waals surface area contributed by atoms with Crippen molar-refractivity contribution in [2.75, 3.05) is 13.1 Å². The zero-order chi connectivity index (χ0) is 22.9. The van der Waals surface area contributed by atoms with E-state index in [0.717, 1.165) is 37.0 Å². The van der Waals surface area contributed by atoms with Gasteiger partial charge >= 0.3 is 0 Å². The molecule has 32 heavy (non-hydrogen) atoms. The summed E-state index contributed by atoms with van der Waals surface area (Å²) >= 11 is 6.24. The number of nitrogens with zero attached hydrogens (tertiary/aromatic N) is 1. The molecule has 2 aliphatic heterocycles. The average Bonchev–Trinajstić information content (AvgIpc) is 3.35. The van der Waals surface area contributed by atoms with E-state index in [0.29, 0.717) is 19.5 Å². The van der Waals surface area contributed by atoms with Gasteiger partial charge in [0.05, 0.1) is 11.1 Å². The van der Waals surface area contributed by atoms with Crippen LogP contribution in [0.2, 0.25) is 5.02 Å². The third kappa shape index (κ3) is 4.26. The maximum Gasteiger partial charge on any atom is 0.251 e. The summed E-state index contributed by atoms with van der Waals surface area (Å²) in [5.41, 5.74) is 0.850. The molecule has 2 aromatic rings. The molecule has 1 atom stereocenters. The van der Waals surface area contributed by atoms with Crippen molar-refractivity contribution in [3.05, 3.63) is 58.6 Å². The molecule has 0 aliphatic carbocycles. The summed E-state index contributed by atoms with van der Waals surface area (Å²) in [6, 6.07) is 11.9. The number of para-hydroxylation sites is 1. The molecular weight excluding hydrogens is 448 g/mol. The predicted octanol–water partition coefficient (Wildman–Crippen LogP) is 4.94. The van der Waals surface area contributed by atoms with Gasteiger partial charge in [-0.25, -0.2) is 8.42 Å². The van der Waals surface area contributed by atoms with E-state index in [1.807, 2.05) is 24.3 Å². The van der Waals surface area contributed by atoms with Gasteiger partial charge in [-0.15, -0.1) is 0 Å². The molecule has 1 unspecified atom stereocenters. The zero-order valence-corrected chi connectivity index (χ0v) is 20.0. The lowest BCUT2D eigenvalue weighted by Crippen LogP contribution is -2.44. The van der Waals surface area contributed by atoms with Crippen molar-refractivity contribution in [3.63, 3.8) is 0 Å². The molecule has 1 amide bonds. The predicted molar refractivity (Wildman–Crippen MR) is 125 cm³/mol. The Morgan fingerprint density at radius 2 is 1.84 bits per heavy atom. The van der Waals surface area contributed by atoms with Crippen LogP contribution in [0.4, 0.5) is 0 Å². The fourth-order valence-electron chi connectivity index (χ4n) is 4.58. The van der Waals surface area contributed by atoms with E-state index in [1.54, 1.807) is 6.07 Å². The lowest BCUT2D eigenvalue weighted by atomic mass is 9.83. The van der Waals surface area contributed by atoms with E-state index in [1.165, 1.54) is 16.4 Å². The molecule has 2 aliphatic rings. The van der Waals surface area contributed by atoms with Crippen LogP contribution in [0.15, 0.2) is 47.4 Å². The standard InChI is InChI=1S/C24H29ClN2O4S/c1-3-24(4-2)16-20(18-9-5-6-10-21(18)31-24)26-23(28)17-11-12-19(25)22(15-17)32(29,30)27-13-7-8-14-27/h5-6,9-12,15,20H,3-4,7-8,13-14,16H2,1-2H3,(H,26,28). The van der Waals surface area contributed by atoms with Gasteiger partial charge in [0.1, 0.15) is 16.2 Å². The molecule has 0 bridgehead atoms. The van der Waals surface area contributed by atoms with Gasteiger partial charge in [0.25, 0.3) is 5.91 Å². The maximum absolute atomic E-state index is 13.2. The van der Waals surface area contributed by atoms with Gasteiger partial charge in [0, 0.05) is 30.6 Å². The van der Waals surface area contributed by atoms with Gasteiger partial charge in [-0.05, 0) is 49.9 Å². The highest BCUT2D eigenvalue weighted by Gasteiger charge is 2.39. The van der Waals surface area contributed by atoms with Crippen LogP contribution in [0.5, 0.6) is 5.75 Å². The van der Waals surface area contributed by atoms with E-state index in [-0.39, 0.29) is 33.0 Å². The van der Waals surface area contributed by atoms with Crippen LogP contribution < -0.4 is 10.1 Å². The number of ether oxygens (including phenoxy) is 1. The molecule has 1 N–H and O–H groups in total. The summed E-state index contributed by atoms with van der Waals surface area (Å²) in [4.78, 5) is 13.2. The van der Waals surface area contributed by atoms with Crippen molar-refractivity contribution in [2.24, 2.45) is 0 Å². The third-order valence-electron chi connectivity index (χ3n) is 6.67. The minimum atomic E-state index is -3.73. The summed E-state index contributed by atoms with van der Waals surface area (Å²) in [5.74, 6) is 0.448. The molecule has 2 heterocycles. The van der Waals surface area contributed by atoms with Crippen LogP contribution in [-0.4, -0.2) is 37.3 Å².